The zero-order chi connectivity index (χ0) is 15.3. The van der Waals surface area contributed by atoms with Gasteiger partial charge in [0.1, 0.15) is 0 Å². The van der Waals surface area contributed by atoms with Crippen LogP contribution in [0.25, 0.3) is 0 Å². The predicted molar refractivity (Wildman–Crippen MR) is 86.8 cm³/mol. The zero-order valence-corrected chi connectivity index (χ0v) is 13.5. The van der Waals surface area contributed by atoms with E-state index in [1.807, 2.05) is 6.92 Å². The Morgan fingerprint density at radius 1 is 1.33 bits per heavy atom. The Morgan fingerprint density at radius 3 is 2.67 bits per heavy atom. The van der Waals surface area contributed by atoms with Gasteiger partial charge in [-0.3, -0.25) is 0 Å². The third-order valence-corrected chi connectivity index (χ3v) is 4.33. The molecule has 0 radical (unpaired) electrons. The summed E-state index contributed by atoms with van der Waals surface area (Å²) in [4.78, 5) is 2.37. The fourth-order valence-electron chi connectivity index (χ4n) is 2.72. The van der Waals surface area contributed by atoms with E-state index >= 15 is 0 Å². The summed E-state index contributed by atoms with van der Waals surface area (Å²) in [5, 5.41) is 13.4. The lowest BCUT2D eigenvalue weighted by Gasteiger charge is -2.37. The number of aliphatic hydroxyl groups is 1. The van der Waals surface area contributed by atoms with E-state index < -0.39 is 5.60 Å². The molecule has 1 aromatic carbocycles. The molecule has 0 saturated carbocycles. The monoisotopic (exact) mass is 292 g/mol. The van der Waals surface area contributed by atoms with Crippen molar-refractivity contribution in [1.29, 1.82) is 0 Å². The molecule has 0 amide bonds. The van der Waals surface area contributed by atoms with Crippen LogP contribution in [-0.2, 0) is 11.3 Å². The van der Waals surface area contributed by atoms with Gasteiger partial charge < -0.3 is 20.1 Å². The van der Waals surface area contributed by atoms with Crippen LogP contribution in [0.15, 0.2) is 18.2 Å². The summed E-state index contributed by atoms with van der Waals surface area (Å²) in [6, 6.07) is 6.66. The normalized spacial score (nSPS) is 18.0. The number of nitrogens with one attached hydrogen (secondary N) is 1. The van der Waals surface area contributed by atoms with Crippen molar-refractivity contribution in [2.24, 2.45) is 0 Å². The van der Waals surface area contributed by atoms with Gasteiger partial charge in [0.15, 0.2) is 0 Å². The molecule has 0 atom stereocenters. The van der Waals surface area contributed by atoms with Gasteiger partial charge in [0.05, 0.1) is 12.2 Å². The molecule has 4 heteroatoms. The quantitative estimate of drug-likeness (QED) is 0.788. The summed E-state index contributed by atoms with van der Waals surface area (Å²) in [6.07, 6.45) is 1.68. The van der Waals surface area contributed by atoms with Crippen LogP contribution in [-0.4, -0.2) is 44.1 Å². The van der Waals surface area contributed by atoms with Gasteiger partial charge in [-0.25, -0.2) is 0 Å². The Labute approximate surface area is 128 Å². The Hall–Kier alpha value is -1.10. The molecular formula is C17H28N2O2. The lowest BCUT2D eigenvalue weighted by atomic mass is 9.93. The third kappa shape index (κ3) is 4.70. The van der Waals surface area contributed by atoms with Crippen molar-refractivity contribution in [2.75, 3.05) is 38.3 Å². The lowest BCUT2D eigenvalue weighted by Crippen LogP contribution is -2.42. The number of anilines is 1. The molecule has 0 aromatic heterocycles. The Morgan fingerprint density at radius 2 is 2.05 bits per heavy atom. The average molecular weight is 292 g/mol. The Balaban J connectivity index is 1.92. The van der Waals surface area contributed by atoms with Gasteiger partial charge in [-0.2, -0.15) is 0 Å². The van der Waals surface area contributed by atoms with Crippen LogP contribution in [0, 0.1) is 6.92 Å². The average Bonchev–Trinajstić information content (AvgIpc) is 2.45. The molecule has 2 rings (SSSR count). The molecule has 1 heterocycles. The van der Waals surface area contributed by atoms with Crippen LogP contribution >= 0.6 is 0 Å². The molecule has 1 aromatic rings. The van der Waals surface area contributed by atoms with E-state index in [1.54, 1.807) is 7.11 Å². The molecule has 118 valence electrons. The van der Waals surface area contributed by atoms with Gasteiger partial charge in [0, 0.05) is 39.0 Å². The first kappa shape index (κ1) is 16.3. The molecule has 1 saturated heterocycles. The van der Waals surface area contributed by atoms with Gasteiger partial charge in [-0.15, -0.1) is 0 Å². The van der Waals surface area contributed by atoms with E-state index in [1.165, 1.54) is 16.8 Å². The molecule has 0 unspecified atom stereocenters. The van der Waals surface area contributed by atoms with Crippen LogP contribution in [0.4, 0.5) is 5.69 Å². The highest BCUT2D eigenvalue weighted by Crippen LogP contribution is 2.27. The smallest absolute Gasteiger partial charge is 0.0653 e. The number of benzene rings is 1. The second kappa shape index (κ2) is 7.25. The predicted octanol–water partition coefficient (Wildman–Crippen LogP) is 2.08. The van der Waals surface area contributed by atoms with Crippen molar-refractivity contribution in [2.45, 2.75) is 38.8 Å². The minimum atomic E-state index is -0.489. The molecule has 1 fully saturated rings. The zero-order valence-electron chi connectivity index (χ0n) is 13.5. The SMILES string of the molecule is COCCNCc1ccc(N2CCC(C)(O)CC2)cc1C. The number of ether oxygens (including phenoxy) is 1. The molecule has 2 N–H and O–H groups in total. The number of methoxy groups -OCH3 is 1. The van der Waals surface area contributed by atoms with E-state index in [-0.39, 0.29) is 0 Å². The van der Waals surface area contributed by atoms with E-state index in [9.17, 15) is 5.11 Å². The van der Waals surface area contributed by atoms with Crippen molar-refractivity contribution in [1.82, 2.24) is 5.32 Å². The van der Waals surface area contributed by atoms with Crippen molar-refractivity contribution in [3.63, 3.8) is 0 Å². The number of hydrogen-bond donors (Lipinski definition) is 2. The minimum absolute atomic E-state index is 0.489. The van der Waals surface area contributed by atoms with E-state index in [2.05, 4.69) is 35.3 Å². The number of hydrogen-bond acceptors (Lipinski definition) is 4. The summed E-state index contributed by atoms with van der Waals surface area (Å²) in [7, 11) is 1.72. The van der Waals surface area contributed by atoms with Crippen LogP contribution in [0.5, 0.6) is 0 Å². The summed E-state index contributed by atoms with van der Waals surface area (Å²) >= 11 is 0. The molecule has 21 heavy (non-hydrogen) atoms. The molecular weight excluding hydrogens is 264 g/mol. The summed E-state index contributed by atoms with van der Waals surface area (Å²) in [6.45, 7) is 8.45. The van der Waals surface area contributed by atoms with Gasteiger partial charge in [-0.1, -0.05) is 6.07 Å². The highest BCUT2D eigenvalue weighted by Gasteiger charge is 2.27. The molecule has 0 aliphatic carbocycles. The maximum Gasteiger partial charge on any atom is 0.0653 e. The van der Waals surface area contributed by atoms with Crippen molar-refractivity contribution in [3.05, 3.63) is 29.3 Å². The minimum Gasteiger partial charge on any atom is -0.390 e. The summed E-state index contributed by atoms with van der Waals surface area (Å²) < 4.78 is 5.04. The van der Waals surface area contributed by atoms with Crippen molar-refractivity contribution >= 4 is 5.69 Å². The summed E-state index contributed by atoms with van der Waals surface area (Å²) in [5.41, 5.74) is 3.42. The molecule has 1 aliphatic rings. The number of aryl methyl sites for hydroxylation is 1. The third-order valence-electron chi connectivity index (χ3n) is 4.33. The van der Waals surface area contributed by atoms with Crippen molar-refractivity contribution in [3.8, 4) is 0 Å². The second-order valence-electron chi connectivity index (χ2n) is 6.26. The number of nitrogens with zero attached hydrogens (tertiary/aromatic N) is 1. The largest absolute Gasteiger partial charge is 0.390 e. The van der Waals surface area contributed by atoms with Crippen molar-refractivity contribution < 1.29 is 9.84 Å². The highest BCUT2D eigenvalue weighted by atomic mass is 16.5. The van der Waals surface area contributed by atoms with Gasteiger partial charge in [0.25, 0.3) is 0 Å². The van der Waals surface area contributed by atoms with Crippen LogP contribution in [0.3, 0.4) is 0 Å². The maximum absolute atomic E-state index is 10.0. The van der Waals surface area contributed by atoms with Crippen LogP contribution in [0.2, 0.25) is 0 Å². The van der Waals surface area contributed by atoms with E-state index in [0.29, 0.717) is 0 Å². The first-order valence-electron chi connectivity index (χ1n) is 7.78. The first-order chi connectivity index (χ1) is 10.0. The maximum atomic E-state index is 10.0. The fourth-order valence-corrected chi connectivity index (χ4v) is 2.72. The van der Waals surface area contributed by atoms with Gasteiger partial charge >= 0.3 is 0 Å². The lowest BCUT2D eigenvalue weighted by molar-refractivity contribution is 0.0351. The molecule has 0 spiro atoms. The standard InChI is InChI=1S/C17H28N2O2/c1-14-12-16(19-9-6-17(2,20)7-10-19)5-4-15(14)13-18-8-11-21-3/h4-5,12,18,20H,6-11,13H2,1-3H3. The highest BCUT2D eigenvalue weighted by molar-refractivity contribution is 5.51. The van der Waals surface area contributed by atoms with Crippen LogP contribution in [0.1, 0.15) is 30.9 Å². The van der Waals surface area contributed by atoms with Gasteiger partial charge in [0.2, 0.25) is 0 Å². The fraction of sp³-hybridized carbons (Fsp3) is 0.647. The van der Waals surface area contributed by atoms with Gasteiger partial charge in [-0.05, 0) is 49.9 Å². The summed E-state index contributed by atoms with van der Waals surface area (Å²) in [5.74, 6) is 0. The Bertz CT molecular complexity index is 450. The number of rotatable bonds is 6. The topological polar surface area (TPSA) is 44.7 Å². The second-order valence-corrected chi connectivity index (χ2v) is 6.26. The molecule has 1 aliphatic heterocycles. The van der Waals surface area contributed by atoms with E-state index in [4.69, 9.17) is 4.74 Å². The molecule has 0 bridgehead atoms. The first-order valence-corrected chi connectivity index (χ1v) is 7.78. The number of piperidine rings is 1. The molecule has 4 nitrogen and oxygen atoms in total. The van der Waals surface area contributed by atoms with Crippen LogP contribution < -0.4 is 10.2 Å². The Kier molecular flexibility index (Phi) is 5.62. The van der Waals surface area contributed by atoms with E-state index in [0.717, 1.165) is 45.6 Å².